The van der Waals surface area contributed by atoms with Gasteiger partial charge in [0.15, 0.2) is 6.61 Å². The van der Waals surface area contributed by atoms with Crippen molar-refractivity contribution in [3.05, 3.63) is 52.7 Å². The maximum atomic E-state index is 12.6. The number of alkyl halides is 3. The van der Waals surface area contributed by atoms with Crippen molar-refractivity contribution >= 4 is 23.3 Å². The fourth-order valence-corrected chi connectivity index (χ4v) is 3.22. The number of halogens is 4. The lowest BCUT2D eigenvalue weighted by molar-refractivity contribution is -0.367. The minimum Gasteiger partial charge on any atom is -0.483 e. The van der Waals surface area contributed by atoms with Gasteiger partial charge in [0.1, 0.15) is 25.0 Å². The van der Waals surface area contributed by atoms with Crippen molar-refractivity contribution in [1.82, 2.24) is 4.90 Å². The van der Waals surface area contributed by atoms with E-state index in [2.05, 4.69) is 4.98 Å². The highest BCUT2D eigenvalue weighted by molar-refractivity contribution is 6.30. The molecule has 0 saturated carbocycles. The zero-order chi connectivity index (χ0) is 20.3. The number of amides is 1. The number of nitrogens with zero attached hydrogens (tertiary/aromatic N) is 2. The van der Waals surface area contributed by atoms with Gasteiger partial charge in [-0.25, -0.2) is 4.98 Å². The molecule has 1 aliphatic heterocycles. The summed E-state index contributed by atoms with van der Waals surface area (Å²) in [5.74, 6) is 1.06. The van der Waals surface area contributed by atoms with Gasteiger partial charge in [0.05, 0.1) is 18.7 Å². The third-order valence-corrected chi connectivity index (χ3v) is 4.82. The summed E-state index contributed by atoms with van der Waals surface area (Å²) in [5.41, 5.74) is 0.127. The number of hydrogen-bond donors (Lipinski definition) is 0. The Labute approximate surface area is 165 Å². The van der Waals surface area contributed by atoms with Gasteiger partial charge in [0, 0.05) is 11.1 Å². The van der Waals surface area contributed by atoms with Gasteiger partial charge in [0.25, 0.3) is 11.7 Å². The van der Waals surface area contributed by atoms with Gasteiger partial charge in [-0.05, 0) is 36.8 Å². The number of carbonyl (C=O) groups excluding carboxylic acids is 1. The number of anilines is 1. The molecule has 0 unspecified atom stereocenters. The average Bonchev–Trinajstić information content (AvgIpc) is 2.67. The fraction of sp³-hybridized carbons (Fsp3) is 0.368. The summed E-state index contributed by atoms with van der Waals surface area (Å²) < 4.78 is 43.5. The number of rotatable bonds is 4. The van der Waals surface area contributed by atoms with E-state index in [1.807, 2.05) is 11.8 Å². The molecule has 0 radical (unpaired) electrons. The first-order chi connectivity index (χ1) is 13.2. The zero-order valence-corrected chi connectivity index (χ0v) is 16.0. The average molecular weight is 415 g/mol. The van der Waals surface area contributed by atoms with Crippen LogP contribution in [-0.2, 0) is 11.0 Å². The second-order valence-electron chi connectivity index (χ2n) is 6.53. The monoisotopic (exact) mass is 414 g/mol. The Morgan fingerprint density at radius 1 is 1.18 bits per heavy atom. The second kappa shape index (κ2) is 8.26. The zero-order valence-electron chi connectivity index (χ0n) is 15.2. The maximum absolute atomic E-state index is 12.6. The van der Waals surface area contributed by atoms with E-state index >= 15 is 0 Å². The van der Waals surface area contributed by atoms with Crippen LogP contribution in [0, 0.1) is 6.92 Å². The van der Waals surface area contributed by atoms with Crippen molar-refractivity contribution < 1.29 is 27.7 Å². The van der Waals surface area contributed by atoms with Crippen molar-refractivity contribution in [2.45, 2.75) is 13.1 Å². The summed E-state index contributed by atoms with van der Waals surface area (Å²) in [4.78, 5) is 18.7. The predicted molar refractivity (Wildman–Crippen MR) is 98.5 cm³/mol. The highest BCUT2D eigenvalue weighted by Gasteiger charge is 2.33. The number of pyridine rings is 1. The third kappa shape index (κ3) is 4.86. The topological polar surface area (TPSA) is 46.9 Å². The number of H-pyrrole nitrogens is 1. The van der Waals surface area contributed by atoms with E-state index in [1.165, 1.54) is 6.07 Å². The molecule has 1 saturated heterocycles. The Kier molecular flexibility index (Phi) is 5.98. The molecule has 1 fully saturated rings. The van der Waals surface area contributed by atoms with Crippen LogP contribution in [0.25, 0.3) is 0 Å². The number of hydrogen-bond acceptors (Lipinski definition) is 3. The van der Waals surface area contributed by atoms with Crippen LogP contribution in [0.3, 0.4) is 0 Å². The number of carbonyl (C=O) groups is 1. The quantitative estimate of drug-likeness (QED) is 0.772. The Morgan fingerprint density at radius 2 is 1.89 bits per heavy atom. The molecule has 150 valence electrons. The molecule has 1 aromatic heterocycles. The van der Waals surface area contributed by atoms with E-state index in [0.717, 1.165) is 17.8 Å². The minimum absolute atomic E-state index is 0.0745. The maximum Gasteiger partial charge on any atom is 0.419 e. The van der Waals surface area contributed by atoms with Crippen LogP contribution in [0.15, 0.2) is 36.5 Å². The largest absolute Gasteiger partial charge is 0.483 e. The standard InChI is InChI=1S/C19H19ClF3N3O2/c1-13-10-15(20)3-4-16(13)28-12-18(27)26-8-6-25(7-9-26)17-5-2-14(11-24-17)19(21,22)23/h2-5,10-11H,6-9,12H2,1H3/p+1. The first kappa shape index (κ1) is 20.3. The van der Waals surface area contributed by atoms with E-state index in [4.69, 9.17) is 16.3 Å². The molecule has 0 bridgehead atoms. The fourth-order valence-electron chi connectivity index (χ4n) is 2.99. The normalized spacial score (nSPS) is 14.9. The van der Waals surface area contributed by atoms with E-state index in [1.54, 1.807) is 23.1 Å². The number of aromatic amines is 1. The Morgan fingerprint density at radius 3 is 2.46 bits per heavy atom. The molecule has 3 rings (SSSR count). The van der Waals surface area contributed by atoms with Gasteiger partial charge >= 0.3 is 6.18 Å². The molecule has 2 aromatic rings. The van der Waals surface area contributed by atoms with E-state index < -0.39 is 11.7 Å². The van der Waals surface area contributed by atoms with E-state index in [0.29, 0.717) is 42.8 Å². The molecule has 0 atom stereocenters. The second-order valence-corrected chi connectivity index (χ2v) is 6.96. The van der Waals surface area contributed by atoms with Crippen molar-refractivity contribution in [1.29, 1.82) is 0 Å². The van der Waals surface area contributed by atoms with Crippen molar-refractivity contribution in [3.63, 3.8) is 0 Å². The van der Waals surface area contributed by atoms with Crippen LogP contribution < -0.4 is 14.6 Å². The highest BCUT2D eigenvalue weighted by atomic mass is 35.5. The lowest BCUT2D eigenvalue weighted by Crippen LogP contribution is -2.51. The minimum atomic E-state index is -4.37. The summed E-state index contributed by atoms with van der Waals surface area (Å²) >= 11 is 5.90. The lowest BCUT2D eigenvalue weighted by atomic mass is 10.2. The Bertz CT molecular complexity index is 835. The molecule has 5 nitrogen and oxygen atoms in total. The molecule has 1 N–H and O–H groups in total. The van der Waals surface area contributed by atoms with Crippen molar-refractivity contribution in [2.24, 2.45) is 0 Å². The van der Waals surface area contributed by atoms with Crippen LogP contribution >= 0.6 is 11.6 Å². The lowest BCUT2D eigenvalue weighted by Gasteiger charge is -2.31. The number of nitrogens with one attached hydrogen (secondary N) is 1. The molecule has 1 aliphatic rings. The van der Waals surface area contributed by atoms with Gasteiger partial charge in [-0.1, -0.05) is 11.6 Å². The molecule has 0 aliphatic carbocycles. The number of aromatic nitrogens is 1. The molecule has 2 heterocycles. The molecule has 1 amide bonds. The van der Waals surface area contributed by atoms with Gasteiger partial charge in [-0.3, -0.25) is 9.69 Å². The number of ether oxygens (including phenoxy) is 1. The summed E-state index contributed by atoms with van der Waals surface area (Å²) in [5, 5.41) is 0.604. The van der Waals surface area contributed by atoms with Crippen LogP contribution in [0.1, 0.15) is 11.1 Å². The van der Waals surface area contributed by atoms with Crippen LogP contribution in [0.4, 0.5) is 19.0 Å². The van der Waals surface area contributed by atoms with Crippen LogP contribution in [-0.4, -0.2) is 43.6 Å². The van der Waals surface area contributed by atoms with Crippen molar-refractivity contribution in [3.8, 4) is 5.75 Å². The first-order valence-corrected chi connectivity index (χ1v) is 9.12. The molecule has 0 spiro atoms. The number of benzene rings is 1. The smallest absolute Gasteiger partial charge is 0.419 e. The SMILES string of the molecule is Cc1cc(Cl)ccc1OCC(=O)N1CCN(c2ccc(C(F)(F)F)c[nH+]2)CC1. The Balaban J connectivity index is 1.51. The molecule has 28 heavy (non-hydrogen) atoms. The first-order valence-electron chi connectivity index (χ1n) is 8.74. The Hall–Kier alpha value is -2.48. The van der Waals surface area contributed by atoms with Gasteiger partial charge in [0.2, 0.25) is 0 Å². The molecular formula is C19H20ClF3N3O2+. The summed E-state index contributed by atoms with van der Waals surface area (Å²) in [6.07, 6.45) is -3.42. The predicted octanol–water partition coefficient (Wildman–Crippen LogP) is 3.21. The van der Waals surface area contributed by atoms with Gasteiger partial charge in [-0.15, -0.1) is 0 Å². The summed E-state index contributed by atoms with van der Waals surface area (Å²) in [6.45, 7) is 3.76. The third-order valence-electron chi connectivity index (χ3n) is 4.58. The van der Waals surface area contributed by atoms with Crippen molar-refractivity contribution in [2.75, 3.05) is 37.7 Å². The summed E-state index contributed by atoms with van der Waals surface area (Å²) in [7, 11) is 0. The molecule has 1 aromatic carbocycles. The molecule has 9 heteroatoms. The van der Waals surface area contributed by atoms with Gasteiger partial charge < -0.3 is 9.64 Å². The molecular weight excluding hydrogens is 395 g/mol. The number of piperazine rings is 1. The highest BCUT2D eigenvalue weighted by Crippen LogP contribution is 2.28. The summed E-state index contributed by atoms with van der Waals surface area (Å²) in [6, 6.07) is 7.65. The number of aryl methyl sites for hydroxylation is 1. The van der Waals surface area contributed by atoms with E-state index in [9.17, 15) is 18.0 Å². The van der Waals surface area contributed by atoms with Gasteiger partial charge in [-0.2, -0.15) is 13.2 Å². The van der Waals surface area contributed by atoms with Crippen LogP contribution in [0.5, 0.6) is 5.75 Å². The van der Waals surface area contributed by atoms with Crippen LogP contribution in [0.2, 0.25) is 5.02 Å². The van der Waals surface area contributed by atoms with E-state index in [-0.39, 0.29) is 12.5 Å².